The van der Waals surface area contributed by atoms with Gasteiger partial charge in [-0.25, -0.2) is 9.58 Å². The number of carbonyl (C=O) groups is 2. The third-order valence-electron chi connectivity index (χ3n) is 6.84. The number of hydrogen-bond acceptors (Lipinski definition) is 5. The third-order valence-corrected chi connectivity index (χ3v) is 7.09. The standard InChI is InChI=1S/C25H22ClN5O2/c26-17-12-10-15(11-13-17)20-14-21(16-6-2-1-3-7-16)31-24(27-20)28-25(29-31)30-22(32)18-8-4-5-9-19(18)23(30)33/h1-7,10-13,18-21H,8-9,14H2,(H,27,28,29)/t18-,19+,20-,21-/m0/s1. The third kappa shape index (κ3) is 3.35. The highest BCUT2D eigenvalue weighted by molar-refractivity contribution is 6.30. The van der Waals surface area contributed by atoms with Crippen LogP contribution in [0.5, 0.6) is 0 Å². The molecule has 3 heterocycles. The first kappa shape index (κ1) is 20.2. The highest BCUT2D eigenvalue weighted by Gasteiger charge is 2.49. The van der Waals surface area contributed by atoms with Crippen LogP contribution in [0.2, 0.25) is 5.02 Å². The molecule has 8 heteroatoms. The lowest BCUT2D eigenvalue weighted by Crippen LogP contribution is -2.32. The van der Waals surface area contributed by atoms with E-state index in [-0.39, 0.29) is 41.7 Å². The lowest BCUT2D eigenvalue weighted by Gasteiger charge is -2.31. The Morgan fingerprint density at radius 1 is 0.879 bits per heavy atom. The predicted molar refractivity (Wildman–Crippen MR) is 125 cm³/mol. The number of benzene rings is 2. The molecular formula is C25H22ClN5O2. The van der Waals surface area contributed by atoms with Gasteiger partial charge in [-0.05, 0) is 42.5 Å². The molecule has 1 N–H and O–H groups in total. The van der Waals surface area contributed by atoms with E-state index in [4.69, 9.17) is 11.6 Å². The van der Waals surface area contributed by atoms with Gasteiger partial charge in [0.25, 0.3) is 5.95 Å². The Bertz CT molecular complexity index is 1230. The second-order valence-corrected chi connectivity index (χ2v) is 9.19. The summed E-state index contributed by atoms with van der Waals surface area (Å²) in [6.07, 6.45) is 5.86. The first-order chi connectivity index (χ1) is 16.1. The number of fused-ring (bicyclic) bond motifs is 2. The van der Waals surface area contributed by atoms with Gasteiger partial charge in [0.2, 0.25) is 17.8 Å². The van der Waals surface area contributed by atoms with Crippen molar-refractivity contribution in [1.29, 1.82) is 0 Å². The second-order valence-electron chi connectivity index (χ2n) is 8.76. The maximum atomic E-state index is 13.1. The molecule has 2 aromatic carbocycles. The number of rotatable bonds is 3. The summed E-state index contributed by atoms with van der Waals surface area (Å²) < 4.78 is 1.80. The number of aromatic nitrogens is 3. The van der Waals surface area contributed by atoms with Gasteiger partial charge in [0, 0.05) is 5.02 Å². The van der Waals surface area contributed by atoms with E-state index in [1.807, 2.05) is 54.6 Å². The summed E-state index contributed by atoms with van der Waals surface area (Å²) in [4.78, 5) is 32.0. The molecule has 166 valence electrons. The van der Waals surface area contributed by atoms with Crippen molar-refractivity contribution >= 4 is 35.3 Å². The highest BCUT2D eigenvalue weighted by atomic mass is 35.5. The quantitative estimate of drug-likeness (QED) is 0.459. The summed E-state index contributed by atoms with van der Waals surface area (Å²) in [5.41, 5.74) is 2.18. The van der Waals surface area contributed by atoms with E-state index in [9.17, 15) is 9.59 Å². The monoisotopic (exact) mass is 459 g/mol. The van der Waals surface area contributed by atoms with Crippen LogP contribution in [0.1, 0.15) is 42.5 Å². The fourth-order valence-corrected chi connectivity index (χ4v) is 5.25. The molecule has 33 heavy (non-hydrogen) atoms. The first-order valence-electron chi connectivity index (χ1n) is 11.2. The minimum absolute atomic E-state index is 0.0196. The van der Waals surface area contributed by atoms with Crippen molar-refractivity contribution in [2.24, 2.45) is 11.8 Å². The number of nitrogens with one attached hydrogen (secondary N) is 1. The van der Waals surface area contributed by atoms with Crippen molar-refractivity contribution in [3.05, 3.63) is 82.9 Å². The van der Waals surface area contributed by atoms with E-state index < -0.39 is 0 Å². The maximum Gasteiger partial charge on any atom is 0.260 e. The van der Waals surface area contributed by atoms with Crippen LogP contribution in [0.25, 0.3) is 0 Å². The van der Waals surface area contributed by atoms with E-state index in [1.54, 1.807) is 4.68 Å². The van der Waals surface area contributed by atoms with E-state index in [0.29, 0.717) is 23.8 Å². The summed E-state index contributed by atoms with van der Waals surface area (Å²) in [6.45, 7) is 0. The van der Waals surface area contributed by atoms with Gasteiger partial charge in [-0.3, -0.25) is 9.59 Å². The van der Waals surface area contributed by atoms with Gasteiger partial charge in [0.05, 0.1) is 23.9 Å². The molecule has 6 rings (SSSR count). The van der Waals surface area contributed by atoms with Gasteiger partial charge in [0.1, 0.15) is 0 Å². The van der Waals surface area contributed by atoms with Crippen LogP contribution in [0, 0.1) is 11.8 Å². The van der Waals surface area contributed by atoms with Gasteiger partial charge in [-0.1, -0.05) is 66.2 Å². The number of amides is 2. The molecule has 2 amide bonds. The highest BCUT2D eigenvalue weighted by Crippen LogP contribution is 2.41. The van der Waals surface area contributed by atoms with Gasteiger partial charge in [-0.15, -0.1) is 5.10 Å². The number of hydrogen-bond donors (Lipinski definition) is 1. The summed E-state index contributed by atoms with van der Waals surface area (Å²) in [6, 6.07) is 17.7. The smallest absolute Gasteiger partial charge is 0.260 e. The molecule has 1 saturated heterocycles. The van der Waals surface area contributed by atoms with Crippen molar-refractivity contribution in [3.63, 3.8) is 0 Å². The molecule has 0 radical (unpaired) electrons. The van der Waals surface area contributed by atoms with Gasteiger partial charge >= 0.3 is 0 Å². The van der Waals surface area contributed by atoms with Crippen LogP contribution in [0.3, 0.4) is 0 Å². The largest absolute Gasteiger partial charge is 0.347 e. The van der Waals surface area contributed by atoms with Gasteiger partial charge < -0.3 is 5.32 Å². The van der Waals surface area contributed by atoms with Gasteiger partial charge in [-0.2, -0.15) is 4.98 Å². The normalized spacial score (nSPS) is 26.2. The van der Waals surface area contributed by atoms with Crippen LogP contribution in [0.15, 0.2) is 66.7 Å². The average molecular weight is 460 g/mol. The molecule has 1 aromatic heterocycles. The molecule has 4 atom stereocenters. The second kappa shape index (κ2) is 7.85. The molecule has 3 aliphatic rings. The van der Waals surface area contributed by atoms with Crippen LogP contribution in [-0.4, -0.2) is 26.6 Å². The Morgan fingerprint density at radius 2 is 1.55 bits per heavy atom. The average Bonchev–Trinajstić information content (AvgIpc) is 3.38. The Labute approximate surface area is 196 Å². The molecule has 0 spiro atoms. The Morgan fingerprint density at radius 3 is 2.21 bits per heavy atom. The summed E-state index contributed by atoms with van der Waals surface area (Å²) in [5.74, 6) is -0.352. The lowest BCUT2D eigenvalue weighted by atomic mass is 9.85. The number of imide groups is 1. The fourth-order valence-electron chi connectivity index (χ4n) is 5.12. The van der Waals surface area contributed by atoms with Crippen LogP contribution < -0.4 is 10.2 Å². The van der Waals surface area contributed by atoms with Crippen LogP contribution in [-0.2, 0) is 9.59 Å². The SMILES string of the molecule is O=C1[C@H]2CC=CC[C@H]2C(=O)N1c1nc2n(n1)[C@H](c1ccccc1)C[C@@H](c1ccc(Cl)cc1)N2. The molecule has 1 aliphatic carbocycles. The fraction of sp³-hybridized carbons (Fsp3) is 0.280. The summed E-state index contributed by atoms with van der Waals surface area (Å²) in [7, 11) is 0. The van der Waals surface area contributed by atoms with Crippen molar-refractivity contribution < 1.29 is 9.59 Å². The van der Waals surface area contributed by atoms with Crippen molar-refractivity contribution in [3.8, 4) is 0 Å². The number of nitrogens with zero attached hydrogens (tertiary/aromatic N) is 4. The molecule has 2 aliphatic heterocycles. The maximum absolute atomic E-state index is 13.1. The van der Waals surface area contributed by atoms with Crippen LogP contribution >= 0.6 is 11.6 Å². The number of allylic oxidation sites excluding steroid dienone is 2. The number of carbonyl (C=O) groups excluding carboxylic acids is 2. The lowest BCUT2D eigenvalue weighted by molar-refractivity contribution is -0.122. The van der Waals surface area contributed by atoms with E-state index in [0.717, 1.165) is 17.5 Å². The Hall–Kier alpha value is -3.45. The minimum atomic E-state index is -0.317. The molecule has 1 fully saturated rings. The van der Waals surface area contributed by atoms with Crippen molar-refractivity contribution in [1.82, 2.24) is 14.8 Å². The summed E-state index contributed by atoms with van der Waals surface area (Å²) in [5, 5.41) is 8.81. The molecule has 3 aromatic rings. The Kier molecular flexibility index (Phi) is 4.80. The first-order valence-corrected chi connectivity index (χ1v) is 11.5. The molecule has 7 nitrogen and oxygen atoms in total. The zero-order valence-electron chi connectivity index (χ0n) is 17.8. The van der Waals surface area contributed by atoms with E-state index >= 15 is 0 Å². The zero-order chi connectivity index (χ0) is 22.5. The van der Waals surface area contributed by atoms with E-state index in [1.165, 1.54) is 4.90 Å². The molecule has 0 saturated carbocycles. The minimum Gasteiger partial charge on any atom is -0.347 e. The summed E-state index contributed by atoms with van der Waals surface area (Å²) >= 11 is 6.09. The number of halogens is 1. The zero-order valence-corrected chi connectivity index (χ0v) is 18.5. The number of anilines is 2. The predicted octanol–water partition coefficient (Wildman–Crippen LogP) is 4.53. The molecule has 0 bridgehead atoms. The van der Waals surface area contributed by atoms with E-state index in [2.05, 4.69) is 27.5 Å². The molecule has 0 unspecified atom stereocenters. The Balaban J connectivity index is 1.40. The van der Waals surface area contributed by atoms with Gasteiger partial charge in [0.15, 0.2) is 0 Å². The van der Waals surface area contributed by atoms with Crippen LogP contribution in [0.4, 0.5) is 11.9 Å². The van der Waals surface area contributed by atoms with Crippen molar-refractivity contribution in [2.45, 2.75) is 31.3 Å². The topological polar surface area (TPSA) is 80.1 Å². The van der Waals surface area contributed by atoms with Crippen molar-refractivity contribution in [2.75, 3.05) is 10.2 Å². The molecular weight excluding hydrogens is 438 g/mol.